The number of aliphatic imine (C=N–C) groups is 2. The molecule has 2 aliphatic heterocycles. The highest BCUT2D eigenvalue weighted by Crippen LogP contribution is 2.23. The summed E-state index contributed by atoms with van der Waals surface area (Å²) in [5.41, 5.74) is 5.34. The Balaban J connectivity index is 2.04. The van der Waals surface area contributed by atoms with E-state index in [9.17, 15) is 10.2 Å². The molecular formula is C8H14N4O4. The largest absolute Gasteiger partial charge is 0.394 e. The molecule has 0 amide bonds. The quantitative estimate of drug-likeness (QED) is 0.402. The average Bonchev–Trinajstić information content (AvgIpc) is 2.57. The van der Waals surface area contributed by atoms with Gasteiger partial charge < -0.3 is 30.7 Å². The molecular weight excluding hydrogens is 216 g/mol. The summed E-state index contributed by atoms with van der Waals surface area (Å²) in [5, 5.41) is 28.2. The maximum Gasteiger partial charge on any atom is 0.218 e. The van der Waals surface area contributed by atoms with Crippen molar-refractivity contribution in [3.05, 3.63) is 0 Å². The fraction of sp³-hybridized carbons (Fsp3) is 0.750. The highest BCUT2D eigenvalue weighted by molar-refractivity contribution is 5.87. The van der Waals surface area contributed by atoms with E-state index < -0.39 is 24.5 Å². The number of nitrogens with zero attached hydrogens (tertiary/aromatic N) is 3. The van der Waals surface area contributed by atoms with Crippen LogP contribution in [-0.4, -0.2) is 70.3 Å². The summed E-state index contributed by atoms with van der Waals surface area (Å²) in [4.78, 5) is 9.11. The topological polar surface area (TPSA) is 124 Å². The van der Waals surface area contributed by atoms with E-state index in [1.165, 1.54) is 11.2 Å². The molecule has 0 spiro atoms. The average molecular weight is 230 g/mol. The zero-order valence-electron chi connectivity index (χ0n) is 8.47. The lowest BCUT2D eigenvalue weighted by Crippen LogP contribution is -2.45. The molecule has 4 atom stereocenters. The van der Waals surface area contributed by atoms with Gasteiger partial charge in [-0.2, -0.15) is 0 Å². The lowest BCUT2D eigenvalue weighted by atomic mass is 10.1. The maximum absolute atomic E-state index is 9.71. The summed E-state index contributed by atoms with van der Waals surface area (Å²) in [7, 11) is 0. The van der Waals surface area contributed by atoms with Crippen LogP contribution in [0.15, 0.2) is 9.98 Å². The van der Waals surface area contributed by atoms with Gasteiger partial charge in [0.1, 0.15) is 25.0 Å². The van der Waals surface area contributed by atoms with Gasteiger partial charge in [0.05, 0.1) is 12.9 Å². The van der Waals surface area contributed by atoms with Gasteiger partial charge in [0, 0.05) is 0 Å². The van der Waals surface area contributed by atoms with Crippen molar-refractivity contribution in [2.45, 2.75) is 24.5 Å². The molecule has 1 saturated heterocycles. The number of aliphatic hydroxyl groups excluding tert-OH is 3. The van der Waals surface area contributed by atoms with Crippen molar-refractivity contribution in [1.82, 2.24) is 4.90 Å². The summed E-state index contributed by atoms with van der Waals surface area (Å²) in [6.07, 6.45) is -2.41. The third kappa shape index (κ3) is 1.87. The Morgan fingerprint density at radius 3 is 2.75 bits per heavy atom. The smallest absolute Gasteiger partial charge is 0.218 e. The number of aliphatic hydroxyl groups is 3. The Bertz CT molecular complexity index is 321. The minimum Gasteiger partial charge on any atom is -0.394 e. The Morgan fingerprint density at radius 2 is 2.25 bits per heavy atom. The van der Waals surface area contributed by atoms with Crippen LogP contribution < -0.4 is 5.73 Å². The Labute approximate surface area is 91.7 Å². The Kier molecular flexibility index (Phi) is 3.06. The molecule has 0 aromatic carbocycles. The van der Waals surface area contributed by atoms with E-state index in [1.54, 1.807) is 0 Å². The molecule has 2 rings (SSSR count). The van der Waals surface area contributed by atoms with Crippen LogP contribution in [0.4, 0.5) is 0 Å². The van der Waals surface area contributed by atoms with Crippen LogP contribution in [0.1, 0.15) is 0 Å². The zero-order chi connectivity index (χ0) is 11.7. The third-order valence-corrected chi connectivity index (χ3v) is 2.58. The van der Waals surface area contributed by atoms with E-state index in [4.69, 9.17) is 15.6 Å². The van der Waals surface area contributed by atoms with Crippen LogP contribution in [0.3, 0.4) is 0 Å². The number of hydrogen-bond acceptors (Lipinski definition) is 8. The predicted molar refractivity (Wildman–Crippen MR) is 54.6 cm³/mol. The monoisotopic (exact) mass is 230 g/mol. The van der Waals surface area contributed by atoms with Crippen molar-refractivity contribution in [2.75, 3.05) is 13.3 Å². The molecule has 5 N–H and O–H groups in total. The Morgan fingerprint density at radius 1 is 1.50 bits per heavy atom. The second-order valence-electron chi connectivity index (χ2n) is 3.65. The van der Waals surface area contributed by atoms with Gasteiger partial charge in [-0.3, -0.25) is 0 Å². The van der Waals surface area contributed by atoms with Gasteiger partial charge in [-0.15, -0.1) is 0 Å². The lowest BCUT2D eigenvalue weighted by Gasteiger charge is -2.28. The predicted octanol–water partition coefficient (Wildman–Crippen LogP) is -2.96. The first-order chi connectivity index (χ1) is 7.63. The number of hydrogen-bond donors (Lipinski definition) is 4. The molecule has 16 heavy (non-hydrogen) atoms. The van der Waals surface area contributed by atoms with Gasteiger partial charge >= 0.3 is 0 Å². The normalized spacial score (nSPS) is 38.9. The molecule has 1 fully saturated rings. The first kappa shape index (κ1) is 11.3. The number of ether oxygens (including phenoxy) is 1. The van der Waals surface area contributed by atoms with E-state index in [0.717, 1.165) is 0 Å². The first-order valence-corrected chi connectivity index (χ1v) is 4.86. The molecule has 2 aliphatic rings. The van der Waals surface area contributed by atoms with Crippen LogP contribution in [0.2, 0.25) is 0 Å². The van der Waals surface area contributed by atoms with Crippen molar-refractivity contribution in [2.24, 2.45) is 15.7 Å². The SMILES string of the molecule is NC1=NCN(C2O[C@H](CO)[C@@H](O)[C@H]2O)C=N1. The number of rotatable bonds is 2. The van der Waals surface area contributed by atoms with Crippen molar-refractivity contribution in [3.8, 4) is 0 Å². The van der Waals surface area contributed by atoms with E-state index in [1.807, 2.05) is 0 Å². The van der Waals surface area contributed by atoms with Crippen LogP contribution in [-0.2, 0) is 4.74 Å². The maximum atomic E-state index is 9.71. The summed E-state index contributed by atoms with van der Waals surface area (Å²) >= 11 is 0. The number of guanidine groups is 1. The zero-order valence-corrected chi connectivity index (χ0v) is 8.47. The van der Waals surface area contributed by atoms with Crippen molar-refractivity contribution < 1.29 is 20.1 Å². The molecule has 0 aromatic heterocycles. The second-order valence-corrected chi connectivity index (χ2v) is 3.65. The van der Waals surface area contributed by atoms with Crippen LogP contribution in [0.5, 0.6) is 0 Å². The van der Waals surface area contributed by atoms with Gasteiger partial charge in [0.25, 0.3) is 0 Å². The van der Waals surface area contributed by atoms with Crippen LogP contribution >= 0.6 is 0 Å². The van der Waals surface area contributed by atoms with E-state index in [2.05, 4.69) is 9.98 Å². The molecule has 2 heterocycles. The second kappa shape index (κ2) is 4.34. The summed E-state index contributed by atoms with van der Waals surface area (Å²) < 4.78 is 5.28. The molecule has 0 aromatic rings. The van der Waals surface area contributed by atoms with Gasteiger partial charge in [-0.1, -0.05) is 0 Å². The van der Waals surface area contributed by atoms with Crippen molar-refractivity contribution >= 4 is 12.3 Å². The third-order valence-electron chi connectivity index (χ3n) is 2.58. The minimum atomic E-state index is -1.12. The molecule has 8 nitrogen and oxygen atoms in total. The summed E-state index contributed by atoms with van der Waals surface area (Å²) in [6.45, 7) is -0.160. The summed E-state index contributed by atoms with van der Waals surface area (Å²) in [6, 6.07) is 0. The van der Waals surface area contributed by atoms with Crippen molar-refractivity contribution in [1.29, 1.82) is 0 Å². The molecule has 0 saturated carbocycles. The fourth-order valence-electron chi connectivity index (χ4n) is 1.66. The molecule has 90 valence electrons. The first-order valence-electron chi connectivity index (χ1n) is 4.86. The molecule has 8 heteroatoms. The van der Waals surface area contributed by atoms with Gasteiger partial charge in [-0.05, 0) is 0 Å². The van der Waals surface area contributed by atoms with Crippen molar-refractivity contribution in [3.63, 3.8) is 0 Å². The van der Waals surface area contributed by atoms with E-state index in [-0.39, 0.29) is 19.2 Å². The highest BCUT2D eigenvalue weighted by atomic mass is 16.6. The highest BCUT2D eigenvalue weighted by Gasteiger charge is 2.44. The van der Waals surface area contributed by atoms with E-state index >= 15 is 0 Å². The van der Waals surface area contributed by atoms with Crippen LogP contribution in [0.25, 0.3) is 0 Å². The summed E-state index contributed by atoms with van der Waals surface area (Å²) in [5.74, 6) is 0.156. The van der Waals surface area contributed by atoms with Gasteiger partial charge in [0.2, 0.25) is 5.96 Å². The lowest BCUT2D eigenvalue weighted by molar-refractivity contribution is -0.0693. The minimum absolute atomic E-state index is 0.156. The standard InChI is InChI=1S/C8H14N4O4/c9-8-10-2-12(3-11-8)7-6(15)5(14)4(1-13)16-7/h2,4-7,13-15H,1,3H2,(H2,9,11)/t4-,5-,6-,7?/m1/s1. The fourth-order valence-corrected chi connectivity index (χ4v) is 1.66. The number of nitrogens with two attached hydrogens (primary N) is 1. The molecule has 1 unspecified atom stereocenters. The van der Waals surface area contributed by atoms with E-state index in [0.29, 0.717) is 0 Å². The van der Waals surface area contributed by atoms with Gasteiger partial charge in [-0.25, -0.2) is 9.98 Å². The van der Waals surface area contributed by atoms with Crippen LogP contribution in [0, 0.1) is 0 Å². The Hall–Kier alpha value is -1.22. The molecule has 0 bridgehead atoms. The van der Waals surface area contributed by atoms with Gasteiger partial charge in [0.15, 0.2) is 6.23 Å². The molecule has 0 aliphatic carbocycles. The molecule has 0 radical (unpaired) electrons.